The van der Waals surface area contributed by atoms with Gasteiger partial charge in [0.05, 0.1) is 5.69 Å². The van der Waals surface area contributed by atoms with Gasteiger partial charge in [-0.2, -0.15) is 0 Å². The number of hydrogen-bond donors (Lipinski definition) is 2. The number of benzene rings is 2. The average Bonchev–Trinajstić information content (AvgIpc) is 2.93. The molecule has 6 heteroatoms. The van der Waals surface area contributed by atoms with Crippen LogP contribution in [0.25, 0.3) is 0 Å². The van der Waals surface area contributed by atoms with Crippen LogP contribution in [0.1, 0.15) is 23.1 Å². The Labute approximate surface area is 157 Å². The van der Waals surface area contributed by atoms with Crippen molar-refractivity contribution >= 4 is 40.1 Å². The van der Waals surface area contributed by atoms with Crippen molar-refractivity contribution in [3.05, 3.63) is 59.2 Å². The standard InChI is InChI=1S/C20H21N3O2S/c1-12-7-4-5-10-15(12)21-17(24)11-16-19(25)23-20(26-16)22-18-13(2)8-6-9-14(18)3/h4-10,16H,11H2,1-3H3,(H,21,24)(H,22,23,25)/t16-/m0/s1. The zero-order valence-electron chi connectivity index (χ0n) is 15.0. The third-order valence-corrected chi connectivity index (χ3v) is 5.30. The number of nitrogens with zero attached hydrogens (tertiary/aromatic N) is 1. The first kappa shape index (κ1) is 18.2. The van der Waals surface area contributed by atoms with E-state index in [1.54, 1.807) is 0 Å². The fraction of sp³-hybridized carbons (Fsp3) is 0.250. The Morgan fingerprint density at radius 2 is 1.73 bits per heavy atom. The van der Waals surface area contributed by atoms with Crippen LogP contribution >= 0.6 is 11.8 Å². The van der Waals surface area contributed by atoms with Gasteiger partial charge in [0, 0.05) is 12.1 Å². The number of carbonyl (C=O) groups excluding carboxylic acids is 2. The van der Waals surface area contributed by atoms with Crippen LogP contribution < -0.4 is 10.6 Å². The first-order valence-corrected chi connectivity index (χ1v) is 9.30. The number of amides is 2. The second-order valence-corrected chi connectivity index (χ2v) is 7.51. The molecule has 5 nitrogen and oxygen atoms in total. The summed E-state index contributed by atoms with van der Waals surface area (Å²) in [7, 11) is 0. The van der Waals surface area contributed by atoms with Gasteiger partial charge < -0.3 is 10.6 Å². The second kappa shape index (κ2) is 7.74. The Morgan fingerprint density at radius 1 is 1.08 bits per heavy atom. The summed E-state index contributed by atoms with van der Waals surface area (Å²) in [6, 6.07) is 13.5. The molecule has 0 aliphatic carbocycles. The Bertz CT molecular complexity index is 872. The molecule has 3 rings (SSSR count). The molecule has 0 saturated carbocycles. The van der Waals surface area contributed by atoms with Gasteiger partial charge in [-0.3, -0.25) is 9.59 Å². The average molecular weight is 367 g/mol. The first-order valence-electron chi connectivity index (χ1n) is 8.42. The zero-order valence-corrected chi connectivity index (χ0v) is 15.8. The summed E-state index contributed by atoms with van der Waals surface area (Å²) in [6.07, 6.45) is 0.108. The van der Waals surface area contributed by atoms with E-state index >= 15 is 0 Å². The smallest absolute Gasteiger partial charge is 0.240 e. The summed E-state index contributed by atoms with van der Waals surface area (Å²) >= 11 is 1.30. The van der Waals surface area contributed by atoms with Crippen molar-refractivity contribution in [2.45, 2.75) is 32.4 Å². The van der Waals surface area contributed by atoms with E-state index in [0.29, 0.717) is 5.17 Å². The maximum Gasteiger partial charge on any atom is 0.240 e. The molecule has 1 aliphatic rings. The molecule has 1 heterocycles. The number of para-hydroxylation sites is 2. The van der Waals surface area contributed by atoms with E-state index in [9.17, 15) is 9.59 Å². The van der Waals surface area contributed by atoms with Crippen molar-refractivity contribution in [1.29, 1.82) is 0 Å². The molecule has 2 aromatic carbocycles. The lowest BCUT2D eigenvalue weighted by Gasteiger charge is -2.09. The van der Waals surface area contributed by atoms with Crippen molar-refractivity contribution in [3.63, 3.8) is 0 Å². The number of anilines is 1. The fourth-order valence-electron chi connectivity index (χ4n) is 2.76. The first-order chi connectivity index (χ1) is 12.4. The van der Waals surface area contributed by atoms with E-state index in [2.05, 4.69) is 15.6 Å². The Balaban J connectivity index is 1.67. The molecule has 1 atom stereocenters. The van der Waals surface area contributed by atoms with Crippen molar-refractivity contribution < 1.29 is 9.59 Å². The van der Waals surface area contributed by atoms with Gasteiger partial charge in [0.2, 0.25) is 11.8 Å². The number of thioether (sulfide) groups is 1. The molecule has 134 valence electrons. The molecule has 1 saturated heterocycles. The summed E-state index contributed by atoms with van der Waals surface area (Å²) in [6.45, 7) is 5.91. The van der Waals surface area contributed by atoms with E-state index in [1.165, 1.54) is 11.8 Å². The maximum absolute atomic E-state index is 12.3. The van der Waals surface area contributed by atoms with Crippen LogP contribution in [0.4, 0.5) is 11.4 Å². The maximum atomic E-state index is 12.3. The number of amidine groups is 1. The van der Waals surface area contributed by atoms with E-state index in [4.69, 9.17) is 0 Å². The highest BCUT2D eigenvalue weighted by Crippen LogP contribution is 2.29. The highest BCUT2D eigenvalue weighted by molar-refractivity contribution is 8.15. The van der Waals surface area contributed by atoms with Crippen molar-refractivity contribution in [3.8, 4) is 0 Å². The van der Waals surface area contributed by atoms with Crippen LogP contribution in [0.2, 0.25) is 0 Å². The topological polar surface area (TPSA) is 70.6 Å². The normalized spacial score (nSPS) is 18.0. The summed E-state index contributed by atoms with van der Waals surface area (Å²) in [4.78, 5) is 29.1. The molecule has 2 N–H and O–H groups in total. The molecule has 26 heavy (non-hydrogen) atoms. The van der Waals surface area contributed by atoms with Gasteiger partial charge in [-0.25, -0.2) is 4.99 Å². The van der Waals surface area contributed by atoms with E-state index in [-0.39, 0.29) is 18.2 Å². The van der Waals surface area contributed by atoms with Crippen LogP contribution in [-0.2, 0) is 9.59 Å². The largest absolute Gasteiger partial charge is 0.326 e. The number of nitrogens with one attached hydrogen (secondary N) is 2. The van der Waals surface area contributed by atoms with Gasteiger partial charge in [-0.15, -0.1) is 0 Å². The lowest BCUT2D eigenvalue weighted by atomic mass is 10.1. The van der Waals surface area contributed by atoms with Gasteiger partial charge in [-0.1, -0.05) is 48.2 Å². The van der Waals surface area contributed by atoms with Gasteiger partial charge >= 0.3 is 0 Å². The number of aryl methyl sites for hydroxylation is 3. The minimum Gasteiger partial charge on any atom is -0.326 e. The lowest BCUT2D eigenvalue weighted by Crippen LogP contribution is -2.28. The molecule has 0 unspecified atom stereocenters. The Hall–Kier alpha value is -2.60. The van der Waals surface area contributed by atoms with Crippen LogP contribution in [0.3, 0.4) is 0 Å². The monoisotopic (exact) mass is 367 g/mol. The summed E-state index contributed by atoms with van der Waals surface area (Å²) < 4.78 is 0. The molecular weight excluding hydrogens is 346 g/mol. The minimum atomic E-state index is -0.470. The predicted molar refractivity (Wildman–Crippen MR) is 107 cm³/mol. The van der Waals surface area contributed by atoms with Crippen molar-refractivity contribution in [2.24, 2.45) is 4.99 Å². The molecule has 0 aromatic heterocycles. The Kier molecular flexibility index (Phi) is 5.42. The van der Waals surface area contributed by atoms with Gasteiger partial charge in [0.15, 0.2) is 5.17 Å². The third kappa shape index (κ3) is 4.14. The third-order valence-electron chi connectivity index (χ3n) is 4.22. The molecule has 0 radical (unpaired) electrons. The van der Waals surface area contributed by atoms with Gasteiger partial charge in [-0.05, 0) is 43.5 Å². The van der Waals surface area contributed by atoms with E-state index in [0.717, 1.165) is 28.1 Å². The number of rotatable bonds is 4. The van der Waals surface area contributed by atoms with Crippen molar-refractivity contribution in [1.82, 2.24) is 5.32 Å². The highest BCUT2D eigenvalue weighted by atomic mass is 32.2. The molecule has 2 aromatic rings. The van der Waals surface area contributed by atoms with Crippen molar-refractivity contribution in [2.75, 3.05) is 5.32 Å². The molecule has 1 fully saturated rings. The SMILES string of the molecule is Cc1ccccc1NC(=O)C[C@@H]1SC(=Nc2c(C)cccc2C)NC1=O. The second-order valence-electron chi connectivity index (χ2n) is 6.32. The lowest BCUT2D eigenvalue weighted by molar-refractivity contribution is -0.122. The number of aliphatic imine (C=N–C) groups is 1. The Morgan fingerprint density at radius 3 is 2.42 bits per heavy atom. The summed E-state index contributed by atoms with van der Waals surface area (Å²) in [5, 5.41) is 5.72. The number of carbonyl (C=O) groups is 2. The van der Waals surface area contributed by atoms with Gasteiger partial charge in [0.25, 0.3) is 0 Å². The quantitative estimate of drug-likeness (QED) is 0.862. The molecule has 1 aliphatic heterocycles. The van der Waals surface area contributed by atoms with Crippen LogP contribution in [0.5, 0.6) is 0 Å². The highest BCUT2D eigenvalue weighted by Gasteiger charge is 2.32. The zero-order chi connectivity index (χ0) is 18.7. The van der Waals surface area contributed by atoms with Crippen LogP contribution in [0, 0.1) is 20.8 Å². The summed E-state index contributed by atoms with van der Waals surface area (Å²) in [5.74, 6) is -0.361. The van der Waals surface area contributed by atoms with E-state index < -0.39 is 5.25 Å². The predicted octanol–water partition coefficient (Wildman–Crippen LogP) is 3.86. The molecular formula is C20H21N3O2S. The molecule has 2 amide bonds. The molecule has 0 bridgehead atoms. The minimum absolute atomic E-state index is 0.108. The fourth-order valence-corrected chi connectivity index (χ4v) is 3.73. The summed E-state index contributed by atoms with van der Waals surface area (Å²) in [5.41, 5.74) is 4.72. The molecule has 0 spiro atoms. The van der Waals surface area contributed by atoms with Crippen LogP contribution in [-0.4, -0.2) is 22.2 Å². The van der Waals surface area contributed by atoms with Gasteiger partial charge in [0.1, 0.15) is 5.25 Å². The number of hydrogen-bond acceptors (Lipinski definition) is 4. The van der Waals surface area contributed by atoms with Crippen LogP contribution in [0.15, 0.2) is 47.5 Å². The van der Waals surface area contributed by atoms with E-state index in [1.807, 2.05) is 63.2 Å².